The van der Waals surface area contributed by atoms with E-state index in [-0.39, 0.29) is 4.90 Å². The van der Waals surface area contributed by atoms with E-state index in [9.17, 15) is 8.42 Å². The number of nitrogens with one attached hydrogen (secondary N) is 1. The van der Waals surface area contributed by atoms with Gasteiger partial charge in [0, 0.05) is 10.0 Å². The van der Waals surface area contributed by atoms with Crippen LogP contribution in [-0.4, -0.2) is 28.2 Å². The number of aromatic nitrogens is 4. The lowest BCUT2D eigenvalue weighted by molar-refractivity contribution is 0.600. The molecule has 0 radical (unpaired) electrons. The first-order valence-electron chi connectivity index (χ1n) is 8.84. The van der Waals surface area contributed by atoms with E-state index in [1.54, 1.807) is 47.8 Å². The lowest BCUT2D eigenvalue weighted by atomic mass is 10.1. The van der Waals surface area contributed by atoms with E-state index in [2.05, 4.69) is 35.9 Å². The molecule has 4 rings (SSSR count). The molecular weight excluding hydrogens is 454 g/mol. The van der Waals surface area contributed by atoms with Crippen molar-refractivity contribution in [1.29, 1.82) is 0 Å². The van der Waals surface area contributed by atoms with Crippen molar-refractivity contribution in [2.75, 3.05) is 4.72 Å². The predicted octanol–water partition coefficient (Wildman–Crippen LogP) is 4.28. The molecule has 0 saturated heterocycles. The molecule has 148 valence electrons. The van der Waals surface area contributed by atoms with Gasteiger partial charge in [0.25, 0.3) is 10.0 Å². The Labute approximate surface area is 177 Å². The zero-order valence-corrected chi connectivity index (χ0v) is 18.4. The summed E-state index contributed by atoms with van der Waals surface area (Å²) in [6.07, 6.45) is 0. The number of hydrogen-bond acceptors (Lipinski definition) is 5. The second-order valence-electron chi connectivity index (χ2n) is 6.78. The maximum atomic E-state index is 13.1. The van der Waals surface area contributed by atoms with Crippen molar-refractivity contribution < 1.29 is 8.42 Å². The van der Waals surface area contributed by atoms with Gasteiger partial charge in [-0.05, 0) is 68.3 Å². The van der Waals surface area contributed by atoms with E-state index in [1.165, 1.54) is 0 Å². The number of hydrogen-bond donors (Lipinski definition) is 1. The molecule has 0 amide bonds. The van der Waals surface area contributed by atoms with Crippen molar-refractivity contribution >= 4 is 37.3 Å². The molecule has 7 nitrogen and oxygen atoms in total. The Hall–Kier alpha value is -2.78. The summed E-state index contributed by atoms with van der Waals surface area (Å²) in [6, 6.07) is 14.3. The summed E-state index contributed by atoms with van der Waals surface area (Å²) in [6.45, 7) is 5.44. The maximum absolute atomic E-state index is 13.1. The lowest BCUT2D eigenvalue weighted by Crippen LogP contribution is -2.15. The summed E-state index contributed by atoms with van der Waals surface area (Å²) >= 11 is 3.39. The summed E-state index contributed by atoms with van der Waals surface area (Å²) < 4.78 is 31.4. The number of anilines is 1. The van der Waals surface area contributed by atoms with Gasteiger partial charge in [0.05, 0.1) is 16.3 Å². The molecule has 0 unspecified atom stereocenters. The molecule has 2 aromatic carbocycles. The van der Waals surface area contributed by atoms with Crippen molar-refractivity contribution in [3.8, 4) is 11.3 Å². The SMILES string of the molecule is Cc1cc(Br)ccc1NS(=O)(=O)c1cc(-c2ccc3nnc(C)n3n2)ccc1C. The van der Waals surface area contributed by atoms with Crippen molar-refractivity contribution in [2.45, 2.75) is 25.7 Å². The zero-order chi connectivity index (χ0) is 20.8. The van der Waals surface area contributed by atoms with E-state index >= 15 is 0 Å². The van der Waals surface area contributed by atoms with Gasteiger partial charge in [-0.1, -0.05) is 28.1 Å². The van der Waals surface area contributed by atoms with E-state index < -0.39 is 10.0 Å². The molecule has 0 atom stereocenters. The van der Waals surface area contributed by atoms with Crippen LogP contribution in [-0.2, 0) is 10.0 Å². The van der Waals surface area contributed by atoms with Crippen LogP contribution in [0, 0.1) is 20.8 Å². The normalized spacial score (nSPS) is 11.7. The van der Waals surface area contributed by atoms with Gasteiger partial charge in [0.1, 0.15) is 0 Å². The maximum Gasteiger partial charge on any atom is 0.262 e. The van der Waals surface area contributed by atoms with Crippen molar-refractivity contribution in [1.82, 2.24) is 19.8 Å². The minimum absolute atomic E-state index is 0.208. The first-order chi connectivity index (χ1) is 13.7. The van der Waals surface area contributed by atoms with Crippen LogP contribution in [0.3, 0.4) is 0 Å². The standard InChI is InChI=1S/C20H18BrN5O2S/c1-12-4-5-15(18-8-9-20-23-22-14(3)26(20)24-18)11-19(12)29(27,28)25-17-7-6-16(21)10-13(17)2/h4-11,25H,1-3H3. The van der Waals surface area contributed by atoms with E-state index in [1.807, 2.05) is 26.0 Å². The number of nitrogens with zero attached hydrogens (tertiary/aromatic N) is 4. The van der Waals surface area contributed by atoms with Gasteiger partial charge < -0.3 is 0 Å². The van der Waals surface area contributed by atoms with Crippen LogP contribution in [0.1, 0.15) is 17.0 Å². The molecule has 9 heteroatoms. The Morgan fingerprint density at radius 2 is 1.72 bits per heavy atom. The Kier molecular flexibility index (Phi) is 4.87. The van der Waals surface area contributed by atoms with Crippen molar-refractivity contribution in [2.24, 2.45) is 0 Å². The fourth-order valence-corrected chi connectivity index (χ4v) is 4.92. The number of fused-ring (bicyclic) bond motifs is 1. The number of halogens is 1. The van der Waals surface area contributed by atoms with Crippen LogP contribution < -0.4 is 4.72 Å². The molecule has 0 aliphatic heterocycles. The number of rotatable bonds is 4. The molecule has 29 heavy (non-hydrogen) atoms. The fraction of sp³-hybridized carbons (Fsp3) is 0.150. The third kappa shape index (κ3) is 3.75. The fourth-order valence-electron chi connectivity index (χ4n) is 3.04. The summed E-state index contributed by atoms with van der Waals surface area (Å²) in [5, 5.41) is 12.6. The molecule has 4 aromatic rings. The van der Waals surface area contributed by atoms with Crippen LogP contribution in [0.2, 0.25) is 0 Å². The molecule has 0 bridgehead atoms. The van der Waals surface area contributed by atoms with E-state index in [0.29, 0.717) is 34.0 Å². The molecule has 2 aromatic heterocycles. The number of benzene rings is 2. The smallest absolute Gasteiger partial charge is 0.262 e. The first kappa shape index (κ1) is 19.5. The van der Waals surface area contributed by atoms with Crippen LogP contribution in [0.5, 0.6) is 0 Å². The monoisotopic (exact) mass is 471 g/mol. The van der Waals surface area contributed by atoms with Crippen molar-refractivity contribution in [3.05, 3.63) is 70.0 Å². The zero-order valence-electron chi connectivity index (χ0n) is 16.0. The Balaban J connectivity index is 1.76. The third-order valence-electron chi connectivity index (χ3n) is 4.62. The van der Waals surface area contributed by atoms with Gasteiger partial charge in [-0.2, -0.15) is 9.61 Å². The third-order valence-corrected chi connectivity index (χ3v) is 6.63. The van der Waals surface area contributed by atoms with Crippen LogP contribution >= 0.6 is 15.9 Å². The van der Waals surface area contributed by atoms with Crippen molar-refractivity contribution in [3.63, 3.8) is 0 Å². The Morgan fingerprint density at radius 3 is 2.48 bits per heavy atom. The second kappa shape index (κ2) is 7.23. The highest BCUT2D eigenvalue weighted by Gasteiger charge is 2.19. The number of sulfonamides is 1. The second-order valence-corrected chi connectivity index (χ2v) is 9.35. The molecule has 2 heterocycles. The topological polar surface area (TPSA) is 89.2 Å². The van der Waals surface area contributed by atoms with Gasteiger partial charge in [-0.3, -0.25) is 4.72 Å². The molecule has 0 spiro atoms. The van der Waals surface area contributed by atoms with Crippen LogP contribution in [0.25, 0.3) is 16.9 Å². The molecule has 0 fully saturated rings. The van der Waals surface area contributed by atoms with Gasteiger partial charge in [-0.15, -0.1) is 10.2 Å². The molecule has 0 aliphatic rings. The highest BCUT2D eigenvalue weighted by molar-refractivity contribution is 9.10. The number of aryl methyl sites for hydroxylation is 3. The van der Waals surface area contributed by atoms with Gasteiger partial charge in [0.2, 0.25) is 0 Å². The average Bonchev–Trinajstić information content (AvgIpc) is 3.05. The van der Waals surface area contributed by atoms with E-state index in [4.69, 9.17) is 0 Å². The quantitative estimate of drug-likeness (QED) is 0.479. The Bertz CT molecular complexity index is 1350. The molecular formula is C20H18BrN5O2S. The average molecular weight is 472 g/mol. The predicted molar refractivity (Wildman–Crippen MR) is 115 cm³/mol. The van der Waals surface area contributed by atoms with Gasteiger partial charge in [0.15, 0.2) is 11.5 Å². The Morgan fingerprint density at radius 1 is 0.931 bits per heavy atom. The van der Waals surface area contributed by atoms with E-state index in [0.717, 1.165) is 10.0 Å². The largest absolute Gasteiger partial charge is 0.279 e. The molecule has 0 saturated carbocycles. The highest BCUT2D eigenvalue weighted by Crippen LogP contribution is 2.27. The lowest BCUT2D eigenvalue weighted by Gasteiger charge is -2.14. The summed E-state index contributed by atoms with van der Waals surface area (Å²) in [7, 11) is -3.77. The summed E-state index contributed by atoms with van der Waals surface area (Å²) in [5.74, 6) is 0.661. The van der Waals surface area contributed by atoms with Crippen LogP contribution in [0.15, 0.2) is 57.9 Å². The van der Waals surface area contributed by atoms with Crippen LogP contribution in [0.4, 0.5) is 5.69 Å². The molecule has 1 N–H and O–H groups in total. The minimum atomic E-state index is -3.77. The highest BCUT2D eigenvalue weighted by atomic mass is 79.9. The first-order valence-corrected chi connectivity index (χ1v) is 11.1. The van der Waals surface area contributed by atoms with Gasteiger partial charge in [-0.25, -0.2) is 8.42 Å². The summed E-state index contributed by atoms with van der Waals surface area (Å²) in [5.41, 5.74) is 3.98. The minimum Gasteiger partial charge on any atom is -0.279 e. The summed E-state index contributed by atoms with van der Waals surface area (Å²) in [4.78, 5) is 0.208. The molecule has 0 aliphatic carbocycles. The van der Waals surface area contributed by atoms with Gasteiger partial charge >= 0.3 is 0 Å².